The molecule has 0 saturated heterocycles. The molecule has 0 aromatic rings. The predicted octanol–water partition coefficient (Wildman–Crippen LogP) is 8.94. The maximum Gasteiger partial charge on any atom is 0.00745 e. The van der Waals surface area contributed by atoms with E-state index in [0.717, 1.165) is 118 Å². The first kappa shape index (κ1) is 95.0. The normalized spacial score (nSPS) is 11.3. The first-order valence-corrected chi connectivity index (χ1v) is 37.5. The van der Waals surface area contributed by atoms with E-state index in [2.05, 4.69) is 133 Å². The molecular weight excluding hydrogens is 1080 g/mol. The van der Waals surface area contributed by atoms with Gasteiger partial charge in [-0.15, -0.1) is 0 Å². The molecule has 0 unspecified atom stereocenters. The van der Waals surface area contributed by atoms with E-state index < -0.39 is 0 Å². The van der Waals surface area contributed by atoms with Gasteiger partial charge in [-0.1, -0.05) is 140 Å². The van der Waals surface area contributed by atoms with Crippen LogP contribution >= 0.6 is 0 Å². The standard InChI is InChI=1S/C18H42N4.C15H36N4.C14H33N3.C13H31N3.C10H25N3/c1-18(2)22-17-11-5-10-16-21-15-9-4-8-14-20-13-7-3-6-12-19;1-15(2)19-13-8-4-7-11-17-10-5-3-6-12-18-14-9-16;1-14(2)17-13-9-12-16-11-8-6-4-3-5-7-10-15;1-13(2)16-12-8-4-7-11-15-10-6-3-5-9-14;1-10(2)13-9-5-8-12-7-4-3-6-11/h18,20-22H,3-17,19H2,1-2H3;15,17-19H,3-14,16H2,1-2H3;14,16-17H,3-13,15H2,1-2H3;13,15-16H,3-12,14H2,1-2H3;10,12-13H,3-9,11H2,1-2H3. The van der Waals surface area contributed by atoms with Gasteiger partial charge in [0.05, 0.1) is 0 Å². The third kappa shape index (κ3) is 116. The van der Waals surface area contributed by atoms with Gasteiger partial charge in [0.25, 0.3) is 0 Å². The van der Waals surface area contributed by atoms with Gasteiger partial charge in [0.2, 0.25) is 0 Å². The fraction of sp³-hybridized carbons (Fsp3) is 1.00. The van der Waals surface area contributed by atoms with Gasteiger partial charge in [0, 0.05) is 43.3 Å². The number of nitrogens with two attached hydrogens (primary N) is 5. The Bertz CT molecular complexity index is 1090. The number of rotatable bonds is 67. The van der Waals surface area contributed by atoms with Gasteiger partial charge in [0.1, 0.15) is 0 Å². The Labute approximate surface area is 545 Å². The average molecular weight is 1250 g/mol. The third-order valence-electron chi connectivity index (χ3n) is 14.4. The summed E-state index contributed by atoms with van der Waals surface area (Å²) in [5.74, 6) is 0. The SMILES string of the molecule is CC(C)NCCCCCNCCCCCN.CC(C)NCCCCCNCCCCCNCCCCCN.CC(C)NCCCCCNCCCCCNCCN.CC(C)NCCCNCCCCCCCCN.CC(C)NCCCNCCCCN. The fourth-order valence-corrected chi connectivity index (χ4v) is 9.00. The van der Waals surface area contributed by atoms with Crippen LogP contribution in [-0.4, -0.2) is 187 Å². The summed E-state index contributed by atoms with van der Waals surface area (Å²) >= 11 is 0. The van der Waals surface area contributed by atoms with E-state index in [1.807, 2.05) is 0 Å². The summed E-state index contributed by atoms with van der Waals surface area (Å²) in [6.07, 6.45) is 39.7. The van der Waals surface area contributed by atoms with Crippen molar-refractivity contribution in [2.75, 3.05) is 157 Å². The minimum atomic E-state index is 0.609. The van der Waals surface area contributed by atoms with Crippen LogP contribution in [0.2, 0.25) is 0 Å². The van der Waals surface area contributed by atoms with Crippen molar-refractivity contribution in [1.29, 1.82) is 0 Å². The molecule has 0 aliphatic rings. The summed E-state index contributed by atoms with van der Waals surface area (Å²) < 4.78 is 0. The van der Waals surface area contributed by atoms with Crippen molar-refractivity contribution in [2.24, 2.45) is 28.7 Å². The lowest BCUT2D eigenvalue weighted by atomic mass is 10.1. The van der Waals surface area contributed by atoms with Crippen molar-refractivity contribution >= 4 is 0 Å². The number of hydrogen-bond donors (Lipinski definition) is 17. The van der Waals surface area contributed by atoms with Crippen LogP contribution in [0.4, 0.5) is 0 Å². The van der Waals surface area contributed by atoms with Gasteiger partial charge in [-0.3, -0.25) is 0 Å². The summed E-state index contributed by atoms with van der Waals surface area (Å²) in [4.78, 5) is 0. The molecule has 0 rings (SSSR count). The van der Waals surface area contributed by atoms with Crippen LogP contribution in [0.25, 0.3) is 0 Å². The molecule has 17 heteroatoms. The van der Waals surface area contributed by atoms with Crippen molar-refractivity contribution in [1.82, 2.24) is 63.8 Å². The van der Waals surface area contributed by atoms with Gasteiger partial charge < -0.3 is 92.5 Å². The minimum absolute atomic E-state index is 0.609. The minimum Gasteiger partial charge on any atom is -0.330 e. The Morgan fingerprint density at radius 1 is 0.149 bits per heavy atom. The smallest absolute Gasteiger partial charge is 0.00745 e. The maximum atomic E-state index is 5.47. The molecule has 0 aromatic heterocycles. The molecule has 0 heterocycles. The van der Waals surface area contributed by atoms with E-state index in [1.54, 1.807) is 0 Å². The molecule has 0 aliphatic carbocycles. The quantitative estimate of drug-likeness (QED) is 0.0253. The lowest BCUT2D eigenvalue weighted by Gasteiger charge is -2.08. The highest BCUT2D eigenvalue weighted by Gasteiger charge is 1.99. The van der Waals surface area contributed by atoms with E-state index in [-0.39, 0.29) is 0 Å². The monoisotopic (exact) mass is 1250 g/mol. The average Bonchev–Trinajstić information content (AvgIpc) is 3.48. The second-order valence-corrected chi connectivity index (χ2v) is 25.7. The molecule has 0 radical (unpaired) electrons. The molecule has 0 bridgehead atoms. The van der Waals surface area contributed by atoms with Gasteiger partial charge in [-0.2, -0.15) is 0 Å². The van der Waals surface area contributed by atoms with Gasteiger partial charge in [-0.05, 0) is 272 Å². The molecule has 0 amide bonds. The van der Waals surface area contributed by atoms with Crippen molar-refractivity contribution in [3.05, 3.63) is 0 Å². The van der Waals surface area contributed by atoms with Crippen molar-refractivity contribution in [2.45, 2.75) is 298 Å². The summed E-state index contributed by atoms with van der Waals surface area (Å²) in [6.45, 7) is 47.7. The Kier molecular flexibility index (Phi) is 100. The molecule has 0 spiro atoms. The number of hydrogen-bond acceptors (Lipinski definition) is 17. The zero-order valence-electron chi connectivity index (χ0n) is 60.7. The zero-order valence-corrected chi connectivity index (χ0v) is 60.7. The summed E-state index contributed by atoms with van der Waals surface area (Å²) in [7, 11) is 0. The number of nitrogens with one attached hydrogen (secondary N) is 12. The van der Waals surface area contributed by atoms with Gasteiger partial charge in [-0.25, -0.2) is 0 Å². The van der Waals surface area contributed by atoms with Crippen molar-refractivity contribution < 1.29 is 0 Å². The van der Waals surface area contributed by atoms with Gasteiger partial charge in [0.15, 0.2) is 0 Å². The summed E-state index contributed by atoms with van der Waals surface area (Å²) in [5.41, 5.74) is 27.1. The summed E-state index contributed by atoms with van der Waals surface area (Å²) in [6, 6.07) is 3.09. The highest BCUT2D eigenvalue weighted by molar-refractivity contribution is 4.61. The molecular formula is C70H167N17. The zero-order chi connectivity index (χ0) is 65.3. The van der Waals surface area contributed by atoms with Crippen LogP contribution in [0.15, 0.2) is 0 Å². The second-order valence-electron chi connectivity index (χ2n) is 25.7. The second kappa shape index (κ2) is 91.7. The molecule has 87 heavy (non-hydrogen) atoms. The summed E-state index contributed by atoms with van der Waals surface area (Å²) in [5, 5.41) is 41.5. The Hall–Kier alpha value is -0.680. The molecule has 0 saturated carbocycles. The molecule has 0 aliphatic heterocycles. The molecule has 532 valence electrons. The lowest BCUT2D eigenvalue weighted by molar-refractivity contribution is 0.525. The fourth-order valence-electron chi connectivity index (χ4n) is 9.00. The number of unbranched alkanes of at least 4 members (excludes halogenated alkanes) is 20. The van der Waals surface area contributed by atoms with Crippen LogP contribution in [-0.2, 0) is 0 Å². The third-order valence-corrected chi connectivity index (χ3v) is 14.4. The molecule has 0 fully saturated rings. The lowest BCUT2D eigenvalue weighted by Crippen LogP contribution is -2.27. The van der Waals surface area contributed by atoms with E-state index in [4.69, 9.17) is 28.7 Å². The molecule has 0 atom stereocenters. The van der Waals surface area contributed by atoms with E-state index >= 15 is 0 Å². The predicted molar refractivity (Wildman–Crippen MR) is 394 cm³/mol. The molecule has 17 nitrogen and oxygen atoms in total. The van der Waals surface area contributed by atoms with Crippen molar-refractivity contribution in [3.63, 3.8) is 0 Å². The Morgan fingerprint density at radius 2 is 0.287 bits per heavy atom. The van der Waals surface area contributed by atoms with Crippen LogP contribution < -0.4 is 92.5 Å². The Morgan fingerprint density at radius 3 is 0.506 bits per heavy atom. The van der Waals surface area contributed by atoms with Crippen molar-refractivity contribution in [3.8, 4) is 0 Å². The van der Waals surface area contributed by atoms with E-state index in [1.165, 1.54) is 238 Å². The van der Waals surface area contributed by atoms with Crippen LogP contribution in [0, 0.1) is 0 Å². The first-order chi connectivity index (χ1) is 42.4. The van der Waals surface area contributed by atoms with E-state index in [0.29, 0.717) is 30.2 Å². The topological polar surface area (TPSA) is 274 Å². The Balaban J connectivity index is -0.000000325. The highest BCUT2D eigenvalue weighted by Crippen LogP contribution is 2.04. The first-order valence-electron chi connectivity index (χ1n) is 37.5. The van der Waals surface area contributed by atoms with Gasteiger partial charge >= 0.3 is 0 Å². The van der Waals surface area contributed by atoms with Crippen LogP contribution in [0.1, 0.15) is 268 Å². The van der Waals surface area contributed by atoms with E-state index in [9.17, 15) is 0 Å². The van der Waals surface area contributed by atoms with Crippen LogP contribution in [0.5, 0.6) is 0 Å². The largest absolute Gasteiger partial charge is 0.330 e. The maximum absolute atomic E-state index is 5.47. The molecule has 22 N–H and O–H groups in total. The highest BCUT2D eigenvalue weighted by atomic mass is 14.9. The van der Waals surface area contributed by atoms with Crippen LogP contribution in [0.3, 0.4) is 0 Å². The molecule has 0 aromatic carbocycles.